The van der Waals surface area contributed by atoms with Gasteiger partial charge in [0.1, 0.15) is 6.61 Å². The van der Waals surface area contributed by atoms with Crippen LogP contribution >= 0.6 is 0 Å². The molecule has 2 N–H and O–H groups in total. The molecule has 21 heavy (non-hydrogen) atoms. The predicted octanol–water partition coefficient (Wildman–Crippen LogP) is 0.0603. The van der Waals surface area contributed by atoms with Gasteiger partial charge in [-0.3, -0.25) is 14.7 Å². The molecule has 0 atom stereocenters. The van der Waals surface area contributed by atoms with Gasteiger partial charge in [0.05, 0.1) is 10.7 Å². The van der Waals surface area contributed by atoms with Crippen LogP contribution in [0, 0.1) is 10.1 Å². The Hall–Kier alpha value is -1.20. The first-order valence-electron chi connectivity index (χ1n) is 5.37. The molecule has 0 saturated heterocycles. The minimum atomic E-state index is -4.13. The molecule has 0 heterocycles. The van der Waals surface area contributed by atoms with Crippen molar-refractivity contribution in [3.63, 3.8) is 0 Å². The average Bonchev–Trinajstić information content (AvgIpc) is 2.35. The van der Waals surface area contributed by atoms with Gasteiger partial charge in [0.25, 0.3) is 15.8 Å². The van der Waals surface area contributed by atoms with E-state index in [1.807, 2.05) is 0 Å². The molecule has 0 bridgehead atoms. The second kappa shape index (κ2) is 8.95. The monoisotopic (exact) mass is 328 g/mol. The van der Waals surface area contributed by atoms with Crippen molar-refractivity contribution in [3.05, 3.63) is 39.9 Å². The standard InChI is InChI=1S/C10H12N2O7S.Na.H/c13-10(11-5-6-20(16,17)18)19-7-8-1-3-9(4-2-8)12(14)15;;/h1-4H,5-7H2,(H,11,13)(H,16,17,18);;. The van der Waals surface area contributed by atoms with E-state index in [-0.39, 0.29) is 48.4 Å². The molecule has 0 radical (unpaired) electrons. The molecular formula is C10H13N2NaO7S. The van der Waals surface area contributed by atoms with Crippen molar-refractivity contribution in [2.24, 2.45) is 0 Å². The number of carbonyl (C=O) groups excluding carboxylic acids is 1. The van der Waals surface area contributed by atoms with E-state index in [9.17, 15) is 23.3 Å². The van der Waals surface area contributed by atoms with Gasteiger partial charge in [0.15, 0.2) is 0 Å². The normalized spacial score (nSPS) is 10.3. The Bertz CT molecular complexity index is 588. The molecule has 112 valence electrons. The zero-order valence-corrected chi connectivity index (χ0v) is 11.0. The fourth-order valence-electron chi connectivity index (χ4n) is 1.20. The number of amides is 1. The van der Waals surface area contributed by atoms with E-state index < -0.39 is 26.9 Å². The van der Waals surface area contributed by atoms with Gasteiger partial charge in [-0.1, -0.05) is 0 Å². The van der Waals surface area contributed by atoms with E-state index in [0.29, 0.717) is 5.56 Å². The third kappa shape index (κ3) is 8.63. The van der Waals surface area contributed by atoms with Gasteiger partial charge >= 0.3 is 35.7 Å². The van der Waals surface area contributed by atoms with Crippen LogP contribution in [-0.4, -0.2) is 65.8 Å². The van der Waals surface area contributed by atoms with Crippen molar-refractivity contribution in [2.45, 2.75) is 6.61 Å². The summed E-state index contributed by atoms with van der Waals surface area (Å²) in [4.78, 5) is 21.0. The molecule has 0 saturated carbocycles. The number of carbonyl (C=O) groups is 1. The van der Waals surface area contributed by atoms with Crippen molar-refractivity contribution in [2.75, 3.05) is 12.3 Å². The maximum atomic E-state index is 11.2. The Labute approximate surface area is 142 Å². The summed E-state index contributed by atoms with van der Waals surface area (Å²) in [5.74, 6) is -0.611. The topological polar surface area (TPSA) is 136 Å². The van der Waals surface area contributed by atoms with Crippen LogP contribution < -0.4 is 5.32 Å². The summed E-state index contributed by atoms with van der Waals surface area (Å²) >= 11 is 0. The number of nitrogens with zero attached hydrogens (tertiary/aromatic N) is 1. The molecule has 9 nitrogen and oxygen atoms in total. The molecule has 0 aliphatic heterocycles. The third-order valence-electron chi connectivity index (χ3n) is 2.15. The van der Waals surface area contributed by atoms with Crippen LogP contribution in [0.2, 0.25) is 0 Å². The predicted molar refractivity (Wildman–Crippen MR) is 74.8 cm³/mol. The van der Waals surface area contributed by atoms with Gasteiger partial charge in [-0.25, -0.2) is 4.79 Å². The number of nitrogens with one attached hydrogen (secondary N) is 1. The molecule has 0 fully saturated rings. The van der Waals surface area contributed by atoms with Crippen LogP contribution in [0.25, 0.3) is 0 Å². The summed E-state index contributed by atoms with van der Waals surface area (Å²) in [5, 5.41) is 12.5. The molecule has 0 unspecified atom stereocenters. The number of alkyl carbamates (subject to hydrolysis) is 1. The first-order chi connectivity index (χ1) is 9.28. The molecule has 1 aromatic rings. The number of non-ortho nitro benzene ring substituents is 1. The minimum absolute atomic E-state index is 0. The van der Waals surface area contributed by atoms with Crippen molar-refractivity contribution >= 4 is 51.5 Å². The molecule has 0 aromatic heterocycles. The number of nitro benzene ring substituents is 1. The zero-order valence-electron chi connectivity index (χ0n) is 10.2. The number of ether oxygens (including phenoxy) is 1. The Balaban J connectivity index is 0.00000400. The van der Waals surface area contributed by atoms with Crippen LogP contribution in [0.1, 0.15) is 5.56 Å². The SMILES string of the molecule is O=C(NCCS(=O)(=O)O)OCc1ccc([N+](=O)[O-])cc1.[NaH]. The molecular weight excluding hydrogens is 315 g/mol. The number of nitro groups is 1. The summed E-state index contributed by atoms with van der Waals surface area (Å²) in [7, 11) is -4.13. The summed E-state index contributed by atoms with van der Waals surface area (Å²) in [6.45, 7) is -0.395. The zero-order chi connectivity index (χ0) is 15.2. The fraction of sp³-hybridized carbons (Fsp3) is 0.300. The van der Waals surface area contributed by atoms with Crippen LogP contribution in [-0.2, 0) is 21.5 Å². The molecule has 1 rings (SSSR count). The summed E-state index contributed by atoms with van der Waals surface area (Å²) in [5.41, 5.74) is 0.465. The second-order valence-corrected chi connectivity index (χ2v) is 5.28. The van der Waals surface area contributed by atoms with E-state index in [1.165, 1.54) is 24.3 Å². The van der Waals surface area contributed by atoms with E-state index in [0.717, 1.165) is 0 Å². The van der Waals surface area contributed by atoms with E-state index >= 15 is 0 Å². The van der Waals surface area contributed by atoms with E-state index in [2.05, 4.69) is 5.32 Å². The second-order valence-electron chi connectivity index (χ2n) is 3.71. The molecule has 0 spiro atoms. The Morgan fingerprint density at radius 3 is 2.38 bits per heavy atom. The van der Waals surface area contributed by atoms with E-state index in [4.69, 9.17) is 9.29 Å². The van der Waals surface area contributed by atoms with Gasteiger partial charge in [-0.2, -0.15) is 8.42 Å². The fourth-order valence-corrected chi connectivity index (χ4v) is 1.56. The molecule has 0 aliphatic rings. The number of benzene rings is 1. The number of hydrogen-bond donors (Lipinski definition) is 2. The van der Waals surface area contributed by atoms with Gasteiger partial charge in [-0.05, 0) is 17.7 Å². The van der Waals surface area contributed by atoms with Crippen molar-refractivity contribution in [3.8, 4) is 0 Å². The van der Waals surface area contributed by atoms with Crippen molar-refractivity contribution < 1.29 is 27.4 Å². The van der Waals surface area contributed by atoms with Gasteiger partial charge in [0.2, 0.25) is 0 Å². The van der Waals surface area contributed by atoms with Gasteiger partial charge in [0, 0.05) is 18.7 Å². The Morgan fingerprint density at radius 2 is 1.90 bits per heavy atom. The summed E-state index contributed by atoms with van der Waals surface area (Å²) in [6.07, 6.45) is -0.855. The molecule has 11 heteroatoms. The van der Waals surface area contributed by atoms with Gasteiger partial charge in [-0.15, -0.1) is 0 Å². The van der Waals surface area contributed by atoms with Crippen LogP contribution in [0.15, 0.2) is 24.3 Å². The first-order valence-corrected chi connectivity index (χ1v) is 6.98. The molecule has 1 aromatic carbocycles. The number of rotatable bonds is 6. The maximum absolute atomic E-state index is 11.2. The number of hydrogen-bond acceptors (Lipinski definition) is 6. The van der Waals surface area contributed by atoms with Crippen molar-refractivity contribution in [1.29, 1.82) is 0 Å². The van der Waals surface area contributed by atoms with Gasteiger partial charge < -0.3 is 10.1 Å². The van der Waals surface area contributed by atoms with Crippen LogP contribution in [0.3, 0.4) is 0 Å². The van der Waals surface area contributed by atoms with Crippen LogP contribution in [0.4, 0.5) is 10.5 Å². The Morgan fingerprint density at radius 1 is 1.33 bits per heavy atom. The Kier molecular flexibility index (Phi) is 8.44. The molecule has 1 amide bonds. The summed E-state index contributed by atoms with van der Waals surface area (Å²) in [6, 6.07) is 5.41. The van der Waals surface area contributed by atoms with E-state index in [1.54, 1.807) is 0 Å². The first kappa shape index (κ1) is 19.8. The van der Waals surface area contributed by atoms with Crippen molar-refractivity contribution in [1.82, 2.24) is 5.32 Å². The third-order valence-corrected chi connectivity index (χ3v) is 2.87. The van der Waals surface area contributed by atoms with Crippen LogP contribution in [0.5, 0.6) is 0 Å². The average molecular weight is 328 g/mol. The molecule has 0 aliphatic carbocycles. The quantitative estimate of drug-likeness (QED) is 0.326. The summed E-state index contributed by atoms with van der Waals surface area (Å²) < 4.78 is 34.0.